The van der Waals surface area contributed by atoms with Crippen molar-refractivity contribution in [2.75, 3.05) is 0 Å². The predicted molar refractivity (Wildman–Crippen MR) is 72.9 cm³/mol. The lowest BCUT2D eigenvalue weighted by atomic mass is 9.70. The normalized spacial score (nSPS) is 16.8. The fourth-order valence-corrected chi connectivity index (χ4v) is 1.98. The third-order valence-corrected chi connectivity index (χ3v) is 2.96. The van der Waals surface area contributed by atoms with Crippen molar-refractivity contribution in [2.24, 2.45) is 10.8 Å². The molecule has 1 rings (SSSR count). The third kappa shape index (κ3) is 2.76. The van der Waals surface area contributed by atoms with E-state index < -0.39 is 0 Å². The van der Waals surface area contributed by atoms with Gasteiger partial charge in [-0.3, -0.25) is 0 Å². The molecule has 0 aromatic rings. The summed E-state index contributed by atoms with van der Waals surface area (Å²) in [7, 11) is 0. The molecule has 0 radical (unpaired) electrons. The van der Waals surface area contributed by atoms with Gasteiger partial charge in [0.1, 0.15) is 5.94 Å². The topological polar surface area (TPSA) is 53.5 Å². The van der Waals surface area contributed by atoms with Crippen LogP contribution in [0.1, 0.15) is 41.5 Å². The fourth-order valence-electron chi connectivity index (χ4n) is 1.98. The first-order valence-corrected chi connectivity index (χ1v) is 6.03. The van der Waals surface area contributed by atoms with Gasteiger partial charge in [0.25, 0.3) is 0 Å². The zero-order valence-corrected chi connectivity index (χ0v) is 12.0. The van der Waals surface area contributed by atoms with E-state index in [0.29, 0.717) is 11.3 Å². The zero-order valence-electron chi connectivity index (χ0n) is 12.0. The highest BCUT2D eigenvalue weighted by Gasteiger charge is 2.34. The summed E-state index contributed by atoms with van der Waals surface area (Å²) in [6, 6.07) is 0. The van der Waals surface area contributed by atoms with Gasteiger partial charge in [0, 0.05) is 12.2 Å². The Morgan fingerprint density at radius 3 is 1.61 bits per heavy atom. The van der Waals surface area contributed by atoms with Crippen LogP contribution >= 0.6 is 0 Å². The summed E-state index contributed by atoms with van der Waals surface area (Å²) in [5, 5.41) is 0. The maximum absolute atomic E-state index is 11.3. The highest BCUT2D eigenvalue weighted by Crippen LogP contribution is 2.41. The fraction of sp³-hybridized carbons (Fsp3) is 0.533. The molecule has 0 spiro atoms. The summed E-state index contributed by atoms with van der Waals surface area (Å²) in [6.07, 6.45) is 3.49. The number of rotatable bonds is 0. The Bertz CT molecular complexity index is 488. The van der Waals surface area contributed by atoms with E-state index in [1.165, 1.54) is 0 Å². The zero-order chi connectivity index (χ0) is 14.1. The molecule has 0 unspecified atom stereocenters. The Hall–Kier alpha value is -1.69. The molecule has 18 heavy (non-hydrogen) atoms. The lowest BCUT2D eigenvalue weighted by Gasteiger charge is -2.31. The van der Waals surface area contributed by atoms with E-state index in [-0.39, 0.29) is 10.8 Å². The van der Waals surface area contributed by atoms with Crippen molar-refractivity contribution >= 4 is 11.7 Å². The van der Waals surface area contributed by atoms with Gasteiger partial charge in [-0.05, 0) is 22.0 Å². The number of hydrogen-bond donors (Lipinski definition) is 0. The summed E-state index contributed by atoms with van der Waals surface area (Å²) >= 11 is 0. The van der Waals surface area contributed by atoms with E-state index in [0.717, 1.165) is 11.1 Å². The van der Waals surface area contributed by atoms with Gasteiger partial charge in [0.15, 0.2) is 0 Å². The Kier molecular flexibility index (Phi) is 3.62. The smallest absolute Gasteiger partial charge is 0.316 e. The Morgan fingerprint density at radius 1 is 1.00 bits per heavy atom. The molecule has 0 fully saturated rings. The standard InChI is InChI=1S/C15H20N2O/c1-14(2,3)12-7-10(17-16)8-13(11(12)9-18)15(4,5)6/h7-8H,1-6H3. The van der Waals surface area contributed by atoms with Gasteiger partial charge in [-0.25, -0.2) is 4.79 Å². The second-order valence-electron chi connectivity index (χ2n) is 6.62. The molecule has 0 saturated carbocycles. The second-order valence-corrected chi connectivity index (χ2v) is 6.62. The van der Waals surface area contributed by atoms with E-state index in [9.17, 15) is 4.79 Å². The molecule has 0 heterocycles. The molecule has 0 aliphatic heterocycles. The van der Waals surface area contributed by atoms with Crippen LogP contribution in [0.25, 0.3) is 5.53 Å². The molecule has 0 atom stereocenters. The van der Waals surface area contributed by atoms with Crippen LogP contribution in [-0.2, 0) is 4.79 Å². The average molecular weight is 244 g/mol. The average Bonchev–Trinajstić information content (AvgIpc) is 2.24. The Labute approximate surface area is 109 Å². The van der Waals surface area contributed by atoms with Crippen molar-refractivity contribution in [3.05, 3.63) is 34.4 Å². The molecule has 3 nitrogen and oxygen atoms in total. The first-order chi connectivity index (χ1) is 8.11. The SMILES string of the molecule is CC(C)(C)C1=CC(=[N+]=[N-])C=C(C(C)(C)C)C1=C=O. The lowest BCUT2D eigenvalue weighted by Crippen LogP contribution is -2.24. The van der Waals surface area contributed by atoms with E-state index in [2.05, 4.69) is 10.7 Å². The van der Waals surface area contributed by atoms with E-state index in [1.54, 1.807) is 12.2 Å². The van der Waals surface area contributed by atoms with Gasteiger partial charge in [-0.15, -0.1) is 0 Å². The van der Waals surface area contributed by atoms with Crippen LogP contribution < -0.4 is 0 Å². The number of nitrogens with zero attached hydrogens (tertiary/aromatic N) is 2. The highest BCUT2D eigenvalue weighted by molar-refractivity contribution is 6.05. The van der Waals surface area contributed by atoms with Crippen molar-refractivity contribution in [1.29, 1.82) is 0 Å². The van der Waals surface area contributed by atoms with Gasteiger partial charge in [0.2, 0.25) is 0 Å². The molecule has 1 aliphatic rings. The van der Waals surface area contributed by atoms with E-state index >= 15 is 0 Å². The van der Waals surface area contributed by atoms with Gasteiger partial charge in [-0.2, -0.15) is 4.79 Å². The van der Waals surface area contributed by atoms with Crippen LogP contribution in [0.5, 0.6) is 0 Å². The lowest BCUT2D eigenvalue weighted by molar-refractivity contribution is -0.00185. The molecular weight excluding hydrogens is 224 g/mol. The first kappa shape index (κ1) is 14.4. The predicted octanol–water partition coefficient (Wildman–Crippen LogP) is 3.37. The van der Waals surface area contributed by atoms with Crippen LogP contribution in [0.3, 0.4) is 0 Å². The molecule has 3 heteroatoms. The number of carbonyl (C=O) groups excluding carboxylic acids is 1. The molecule has 0 saturated heterocycles. The summed E-state index contributed by atoms with van der Waals surface area (Å²) in [4.78, 5) is 14.6. The number of hydrogen-bond acceptors (Lipinski definition) is 1. The largest absolute Gasteiger partial charge is 0.361 e. The summed E-state index contributed by atoms with van der Waals surface area (Å²) < 4.78 is 0. The van der Waals surface area contributed by atoms with Crippen LogP contribution in [0.15, 0.2) is 28.9 Å². The van der Waals surface area contributed by atoms with Crippen molar-refractivity contribution in [3.8, 4) is 0 Å². The second kappa shape index (κ2) is 4.53. The Balaban J connectivity index is 3.56. The molecular formula is C15H20N2O. The van der Waals surface area contributed by atoms with Crippen molar-refractivity contribution in [3.63, 3.8) is 0 Å². The minimum absolute atomic E-state index is 0.201. The Morgan fingerprint density at radius 2 is 1.39 bits per heavy atom. The van der Waals surface area contributed by atoms with Gasteiger partial charge in [0.05, 0.1) is 5.57 Å². The van der Waals surface area contributed by atoms with E-state index in [4.69, 9.17) is 5.53 Å². The van der Waals surface area contributed by atoms with Gasteiger partial charge in [-0.1, -0.05) is 41.5 Å². The summed E-state index contributed by atoms with van der Waals surface area (Å²) in [5.41, 5.74) is 11.4. The maximum atomic E-state index is 11.3. The third-order valence-electron chi connectivity index (χ3n) is 2.96. The van der Waals surface area contributed by atoms with Crippen LogP contribution in [0.2, 0.25) is 0 Å². The number of allylic oxidation sites excluding steroid dienone is 5. The van der Waals surface area contributed by atoms with Gasteiger partial charge >= 0.3 is 5.71 Å². The molecule has 0 N–H and O–H groups in total. The highest BCUT2D eigenvalue weighted by atomic mass is 16.1. The minimum Gasteiger partial charge on any atom is -0.361 e. The molecule has 1 aliphatic carbocycles. The van der Waals surface area contributed by atoms with Crippen molar-refractivity contribution < 1.29 is 9.58 Å². The van der Waals surface area contributed by atoms with Crippen LogP contribution in [0, 0.1) is 10.8 Å². The molecule has 0 bridgehead atoms. The maximum Gasteiger partial charge on any atom is 0.316 e. The molecule has 0 amide bonds. The quantitative estimate of drug-likeness (QED) is 0.366. The van der Waals surface area contributed by atoms with Crippen LogP contribution in [-0.4, -0.2) is 16.4 Å². The van der Waals surface area contributed by atoms with Gasteiger partial charge < -0.3 is 5.53 Å². The monoisotopic (exact) mass is 244 g/mol. The van der Waals surface area contributed by atoms with Crippen LogP contribution in [0.4, 0.5) is 0 Å². The summed E-state index contributed by atoms with van der Waals surface area (Å²) in [5.74, 6) is 2.06. The van der Waals surface area contributed by atoms with Crippen molar-refractivity contribution in [2.45, 2.75) is 41.5 Å². The molecule has 96 valence electrons. The first-order valence-electron chi connectivity index (χ1n) is 6.03. The minimum atomic E-state index is -0.201. The molecule has 0 aromatic carbocycles. The summed E-state index contributed by atoms with van der Waals surface area (Å²) in [6.45, 7) is 12.1. The van der Waals surface area contributed by atoms with E-state index in [1.807, 2.05) is 41.5 Å². The van der Waals surface area contributed by atoms with Crippen molar-refractivity contribution in [1.82, 2.24) is 0 Å². The molecule has 0 aromatic heterocycles.